The van der Waals surface area contributed by atoms with Gasteiger partial charge < -0.3 is 5.43 Å². The molecule has 0 radical (unpaired) electrons. The average molecular weight is 300 g/mol. The summed E-state index contributed by atoms with van der Waals surface area (Å²) in [4.78, 5) is 3.92. The summed E-state index contributed by atoms with van der Waals surface area (Å²) in [6, 6.07) is 3.16. The molecule has 0 saturated carbocycles. The molecule has 1 unspecified atom stereocenters. The zero-order chi connectivity index (χ0) is 15.0. The Labute approximate surface area is 121 Å². The van der Waals surface area contributed by atoms with Crippen LogP contribution in [0.3, 0.4) is 0 Å². The Morgan fingerprint density at radius 2 is 2.05 bits per heavy atom. The molecule has 6 nitrogen and oxygen atoms in total. The van der Waals surface area contributed by atoms with E-state index in [1.54, 1.807) is 12.1 Å². The molecule has 0 aromatic carbocycles. The molecule has 0 aliphatic heterocycles. The Morgan fingerprint density at radius 3 is 2.65 bits per heavy atom. The van der Waals surface area contributed by atoms with E-state index < -0.39 is 10.0 Å². The number of hydrogen-bond donors (Lipinski definition) is 3. The molecule has 0 aliphatic rings. The molecule has 1 aromatic heterocycles. The molecule has 0 fully saturated rings. The summed E-state index contributed by atoms with van der Waals surface area (Å²) in [5.74, 6) is 5.33. The van der Waals surface area contributed by atoms with E-state index in [0.29, 0.717) is 5.69 Å². The number of anilines is 1. The summed E-state index contributed by atoms with van der Waals surface area (Å²) in [5.41, 5.74) is 2.67. The first kappa shape index (κ1) is 16.9. The third-order valence-electron chi connectivity index (χ3n) is 3.05. The summed E-state index contributed by atoms with van der Waals surface area (Å²) in [6.07, 6.45) is 6.06. The van der Waals surface area contributed by atoms with Crippen molar-refractivity contribution in [3.8, 4) is 0 Å². The van der Waals surface area contributed by atoms with Gasteiger partial charge in [0.15, 0.2) is 5.03 Å². The van der Waals surface area contributed by atoms with E-state index in [-0.39, 0.29) is 11.1 Å². The Bertz CT molecular complexity index is 505. The Kier molecular flexibility index (Phi) is 6.90. The maximum absolute atomic E-state index is 12.4. The molecule has 7 heteroatoms. The molecule has 4 N–H and O–H groups in total. The van der Waals surface area contributed by atoms with E-state index in [2.05, 4.69) is 22.1 Å². The van der Waals surface area contributed by atoms with Crippen LogP contribution in [0.15, 0.2) is 23.4 Å². The van der Waals surface area contributed by atoms with Crippen LogP contribution in [-0.4, -0.2) is 19.4 Å². The second-order valence-corrected chi connectivity index (χ2v) is 6.38. The Hall–Kier alpha value is -1.18. The van der Waals surface area contributed by atoms with E-state index >= 15 is 0 Å². The molecular weight excluding hydrogens is 276 g/mol. The number of unbranched alkanes of at least 4 members (excludes halogenated alkanes) is 1. The molecule has 114 valence electrons. The minimum Gasteiger partial charge on any atom is -0.321 e. The molecule has 0 amide bonds. The van der Waals surface area contributed by atoms with Gasteiger partial charge in [-0.3, -0.25) is 5.84 Å². The van der Waals surface area contributed by atoms with Gasteiger partial charge in [0, 0.05) is 12.2 Å². The maximum atomic E-state index is 12.4. The lowest BCUT2D eigenvalue weighted by atomic mass is 10.1. The van der Waals surface area contributed by atoms with Crippen molar-refractivity contribution in [1.29, 1.82) is 0 Å². The number of aromatic nitrogens is 1. The van der Waals surface area contributed by atoms with E-state index in [4.69, 9.17) is 5.84 Å². The van der Waals surface area contributed by atoms with Gasteiger partial charge >= 0.3 is 0 Å². The van der Waals surface area contributed by atoms with Crippen LogP contribution in [0.5, 0.6) is 0 Å². The summed E-state index contributed by atoms with van der Waals surface area (Å²) < 4.78 is 27.5. The van der Waals surface area contributed by atoms with Crippen LogP contribution in [0.4, 0.5) is 5.69 Å². The van der Waals surface area contributed by atoms with Crippen molar-refractivity contribution >= 4 is 15.7 Å². The highest BCUT2D eigenvalue weighted by Crippen LogP contribution is 2.18. The molecule has 0 spiro atoms. The van der Waals surface area contributed by atoms with E-state index in [9.17, 15) is 8.42 Å². The van der Waals surface area contributed by atoms with Crippen molar-refractivity contribution in [2.24, 2.45) is 5.84 Å². The third kappa shape index (κ3) is 4.73. The van der Waals surface area contributed by atoms with Crippen molar-refractivity contribution in [2.75, 3.05) is 5.43 Å². The highest BCUT2D eigenvalue weighted by atomic mass is 32.2. The summed E-state index contributed by atoms with van der Waals surface area (Å²) >= 11 is 0. The van der Waals surface area contributed by atoms with Crippen LogP contribution in [-0.2, 0) is 10.0 Å². The smallest absolute Gasteiger partial charge is 0.260 e. The Balaban J connectivity index is 2.91. The van der Waals surface area contributed by atoms with E-state index in [1.807, 2.05) is 6.92 Å². The van der Waals surface area contributed by atoms with Gasteiger partial charge in [0.1, 0.15) is 0 Å². The van der Waals surface area contributed by atoms with Crippen molar-refractivity contribution in [1.82, 2.24) is 9.71 Å². The standard InChI is InChI=1S/C13H24N4O2S/c1-3-5-8-11(7-4-2)17-20(18,19)13-12(16-14)9-6-10-15-13/h6,9-11,16-17H,3-5,7-8,14H2,1-2H3. The predicted octanol–water partition coefficient (Wildman–Crippen LogP) is 2.00. The van der Waals surface area contributed by atoms with E-state index in [0.717, 1.165) is 32.1 Å². The maximum Gasteiger partial charge on any atom is 0.260 e. The number of hydrogen-bond acceptors (Lipinski definition) is 5. The number of nitrogen functional groups attached to an aromatic ring is 1. The van der Waals surface area contributed by atoms with E-state index in [1.165, 1.54) is 6.20 Å². The van der Waals surface area contributed by atoms with Crippen LogP contribution in [0.25, 0.3) is 0 Å². The molecule has 0 aliphatic carbocycles. The van der Waals surface area contributed by atoms with Gasteiger partial charge in [0.05, 0.1) is 5.69 Å². The van der Waals surface area contributed by atoms with Gasteiger partial charge in [-0.15, -0.1) is 0 Å². The normalized spacial score (nSPS) is 13.2. The number of sulfonamides is 1. The number of pyridine rings is 1. The number of hydrazine groups is 1. The SMILES string of the molecule is CCCCC(CCC)NS(=O)(=O)c1ncccc1NN. The predicted molar refractivity (Wildman–Crippen MR) is 80.6 cm³/mol. The van der Waals surface area contributed by atoms with Gasteiger partial charge in [-0.2, -0.15) is 0 Å². The lowest BCUT2D eigenvalue weighted by Crippen LogP contribution is -2.35. The average Bonchev–Trinajstić information content (AvgIpc) is 2.44. The number of nitrogens with zero attached hydrogens (tertiary/aromatic N) is 1. The second kappa shape index (κ2) is 8.18. The fraction of sp³-hybridized carbons (Fsp3) is 0.615. The first-order valence-electron chi connectivity index (χ1n) is 6.99. The van der Waals surface area contributed by atoms with Crippen LogP contribution < -0.4 is 16.0 Å². The zero-order valence-corrected chi connectivity index (χ0v) is 12.9. The largest absolute Gasteiger partial charge is 0.321 e. The van der Waals surface area contributed by atoms with Gasteiger partial charge in [-0.1, -0.05) is 33.1 Å². The third-order valence-corrected chi connectivity index (χ3v) is 4.52. The topological polar surface area (TPSA) is 97.1 Å². The van der Waals surface area contributed by atoms with Crippen molar-refractivity contribution in [3.05, 3.63) is 18.3 Å². The molecule has 1 rings (SSSR count). The van der Waals surface area contributed by atoms with Crippen LogP contribution >= 0.6 is 0 Å². The number of nitrogens with two attached hydrogens (primary N) is 1. The van der Waals surface area contributed by atoms with Crippen molar-refractivity contribution in [3.63, 3.8) is 0 Å². The fourth-order valence-electron chi connectivity index (χ4n) is 2.05. The van der Waals surface area contributed by atoms with Crippen molar-refractivity contribution < 1.29 is 8.42 Å². The van der Waals surface area contributed by atoms with Crippen LogP contribution in [0, 0.1) is 0 Å². The lowest BCUT2D eigenvalue weighted by molar-refractivity contribution is 0.482. The zero-order valence-electron chi connectivity index (χ0n) is 12.1. The minimum absolute atomic E-state index is 0.0555. The highest BCUT2D eigenvalue weighted by Gasteiger charge is 2.23. The molecule has 1 heterocycles. The molecule has 1 aromatic rings. The number of nitrogens with one attached hydrogen (secondary N) is 2. The fourth-order valence-corrected chi connectivity index (χ4v) is 3.45. The van der Waals surface area contributed by atoms with Crippen LogP contribution in [0.1, 0.15) is 46.0 Å². The van der Waals surface area contributed by atoms with Gasteiger partial charge in [0.25, 0.3) is 10.0 Å². The number of rotatable bonds is 9. The molecule has 20 heavy (non-hydrogen) atoms. The molecule has 0 saturated heterocycles. The molecule has 1 atom stereocenters. The van der Waals surface area contributed by atoms with Crippen molar-refractivity contribution in [2.45, 2.75) is 57.0 Å². The quantitative estimate of drug-likeness (QED) is 0.479. The minimum atomic E-state index is -3.66. The van der Waals surface area contributed by atoms with Crippen LogP contribution in [0.2, 0.25) is 0 Å². The van der Waals surface area contributed by atoms with Gasteiger partial charge in [-0.25, -0.2) is 18.1 Å². The monoisotopic (exact) mass is 300 g/mol. The first-order valence-corrected chi connectivity index (χ1v) is 8.47. The Morgan fingerprint density at radius 1 is 1.30 bits per heavy atom. The van der Waals surface area contributed by atoms with Gasteiger partial charge in [0.2, 0.25) is 0 Å². The second-order valence-electron chi connectivity index (χ2n) is 4.75. The summed E-state index contributed by atoms with van der Waals surface area (Å²) in [6.45, 7) is 4.13. The lowest BCUT2D eigenvalue weighted by Gasteiger charge is -2.18. The summed E-state index contributed by atoms with van der Waals surface area (Å²) in [7, 11) is -3.66. The summed E-state index contributed by atoms with van der Waals surface area (Å²) in [5, 5.41) is -0.0555. The molecule has 0 bridgehead atoms. The highest BCUT2D eigenvalue weighted by molar-refractivity contribution is 7.89. The molecular formula is C13H24N4O2S. The first-order chi connectivity index (χ1) is 9.55. The van der Waals surface area contributed by atoms with Gasteiger partial charge in [-0.05, 0) is 25.0 Å².